The monoisotopic (exact) mass is 313 g/mol. The Kier molecular flexibility index (Phi) is 4.97. The summed E-state index contributed by atoms with van der Waals surface area (Å²) in [6.07, 6.45) is 1.58. The number of carbonyl (C=O) groups is 1. The van der Waals surface area contributed by atoms with Crippen molar-refractivity contribution in [2.45, 2.75) is 17.7 Å². The Balaban J connectivity index is 2.21. The zero-order chi connectivity index (χ0) is 15.5. The van der Waals surface area contributed by atoms with Crippen molar-refractivity contribution in [3.05, 3.63) is 29.8 Å². The molecule has 1 atom stereocenters. The second kappa shape index (κ2) is 6.55. The SMILES string of the molecule is COC(=O)c1ccc(S(=O)(=O)N2CCCC(CO)C2)cc1. The van der Waals surface area contributed by atoms with Crippen molar-refractivity contribution in [3.63, 3.8) is 0 Å². The molecule has 21 heavy (non-hydrogen) atoms. The summed E-state index contributed by atoms with van der Waals surface area (Å²) in [7, 11) is -2.31. The van der Waals surface area contributed by atoms with Gasteiger partial charge in [0.05, 0.1) is 17.6 Å². The van der Waals surface area contributed by atoms with Crippen molar-refractivity contribution in [3.8, 4) is 0 Å². The van der Waals surface area contributed by atoms with Crippen LogP contribution in [-0.4, -0.2) is 50.6 Å². The van der Waals surface area contributed by atoms with Crippen LogP contribution in [0.3, 0.4) is 0 Å². The molecule has 0 aromatic heterocycles. The van der Waals surface area contributed by atoms with E-state index in [1.54, 1.807) is 0 Å². The Morgan fingerprint density at radius 3 is 2.62 bits per heavy atom. The topological polar surface area (TPSA) is 83.9 Å². The molecule has 0 spiro atoms. The largest absolute Gasteiger partial charge is 0.465 e. The number of aliphatic hydroxyl groups is 1. The van der Waals surface area contributed by atoms with Gasteiger partial charge in [-0.15, -0.1) is 0 Å². The van der Waals surface area contributed by atoms with Crippen LogP contribution in [-0.2, 0) is 14.8 Å². The molecule has 0 saturated carbocycles. The van der Waals surface area contributed by atoms with Crippen LogP contribution < -0.4 is 0 Å². The van der Waals surface area contributed by atoms with Crippen molar-refractivity contribution in [2.24, 2.45) is 5.92 Å². The third-order valence-electron chi connectivity index (χ3n) is 3.65. The first-order valence-electron chi connectivity index (χ1n) is 6.78. The summed E-state index contributed by atoms with van der Waals surface area (Å²) in [5.41, 5.74) is 0.309. The Bertz CT molecular complexity index is 596. The first-order chi connectivity index (χ1) is 9.98. The number of carbonyl (C=O) groups excluding carboxylic acids is 1. The maximum Gasteiger partial charge on any atom is 0.337 e. The maximum absolute atomic E-state index is 12.5. The average molecular weight is 313 g/mol. The summed E-state index contributed by atoms with van der Waals surface area (Å²) < 4.78 is 31.0. The Labute approximate surface area is 124 Å². The Morgan fingerprint density at radius 1 is 1.38 bits per heavy atom. The fourth-order valence-electron chi connectivity index (χ4n) is 2.42. The molecule has 7 heteroatoms. The number of esters is 1. The van der Waals surface area contributed by atoms with Crippen molar-refractivity contribution < 1.29 is 23.1 Å². The van der Waals surface area contributed by atoms with Gasteiger partial charge in [-0.2, -0.15) is 4.31 Å². The standard InChI is InChI=1S/C14H19NO5S/c1-20-14(17)12-4-6-13(7-5-12)21(18,19)15-8-2-3-11(9-15)10-16/h4-7,11,16H,2-3,8-10H2,1H3. The first kappa shape index (κ1) is 15.9. The summed E-state index contributed by atoms with van der Waals surface area (Å²) in [6, 6.07) is 5.69. The second-order valence-electron chi connectivity index (χ2n) is 5.07. The van der Waals surface area contributed by atoms with Gasteiger partial charge < -0.3 is 9.84 Å². The molecule has 0 amide bonds. The van der Waals surface area contributed by atoms with Gasteiger partial charge in [0, 0.05) is 19.7 Å². The minimum atomic E-state index is -3.58. The van der Waals surface area contributed by atoms with E-state index in [2.05, 4.69) is 4.74 Å². The fraction of sp³-hybridized carbons (Fsp3) is 0.500. The molecule has 0 aliphatic carbocycles. The number of hydrogen-bond acceptors (Lipinski definition) is 5. The van der Waals surface area contributed by atoms with E-state index in [0.717, 1.165) is 12.8 Å². The smallest absolute Gasteiger partial charge is 0.337 e. The Hall–Kier alpha value is -1.44. The van der Waals surface area contributed by atoms with Crippen LogP contribution >= 0.6 is 0 Å². The van der Waals surface area contributed by atoms with Crippen LogP contribution in [0.5, 0.6) is 0 Å². The molecule has 1 aromatic rings. The van der Waals surface area contributed by atoms with Crippen LogP contribution in [0, 0.1) is 5.92 Å². The van der Waals surface area contributed by atoms with E-state index >= 15 is 0 Å². The van der Waals surface area contributed by atoms with Gasteiger partial charge in [-0.1, -0.05) is 0 Å². The number of benzene rings is 1. The summed E-state index contributed by atoms with van der Waals surface area (Å²) >= 11 is 0. The zero-order valence-electron chi connectivity index (χ0n) is 11.9. The van der Waals surface area contributed by atoms with Gasteiger partial charge in [0.1, 0.15) is 0 Å². The van der Waals surface area contributed by atoms with Crippen LogP contribution in [0.2, 0.25) is 0 Å². The van der Waals surface area contributed by atoms with E-state index in [4.69, 9.17) is 0 Å². The number of sulfonamides is 1. The summed E-state index contributed by atoms with van der Waals surface area (Å²) in [5, 5.41) is 9.20. The highest BCUT2D eigenvalue weighted by atomic mass is 32.2. The molecular weight excluding hydrogens is 294 g/mol. The molecule has 0 radical (unpaired) electrons. The molecule has 116 valence electrons. The molecule has 1 aliphatic rings. The van der Waals surface area contributed by atoms with E-state index in [9.17, 15) is 18.3 Å². The van der Waals surface area contributed by atoms with Gasteiger partial charge in [-0.05, 0) is 43.0 Å². The van der Waals surface area contributed by atoms with Gasteiger partial charge in [0.15, 0.2) is 0 Å². The first-order valence-corrected chi connectivity index (χ1v) is 8.22. The van der Waals surface area contributed by atoms with Gasteiger partial charge in [0.25, 0.3) is 0 Å². The van der Waals surface area contributed by atoms with Crippen molar-refractivity contribution in [1.29, 1.82) is 0 Å². The second-order valence-corrected chi connectivity index (χ2v) is 7.01. The lowest BCUT2D eigenvalue weighted by Gasteiger charge is -2.30. The molecule has 1 N–H and O–H groups in total. The molecule has 1 heterocycles. The van der Waals surface area contributed by atoms with Crippen LogP contribution in [0.4, 0.5) is 0 Å². The minimum absolute atomic E-state index is 0.00665. The molecule has 0 bridgehead atoms. The summed E-state index contributed by atoms with van der Waals surface area (Å²) in [6.45, 7) is 0.780. The average Bonchev–Trinajstić information content (AvgIpc) is 2.54. The lowest BCUT2D eigenvalue weighted by Crippen LogP contribution is -2.40. The highest BCUT2D eigenvalue weighted by Gasteiger charge is 2.29. The number of methoxy groups -OCH3 is 1. The molecule has 1 fully saturated rings. The lowest BCUT2D eigenvalue weighted by atomic mass is 10.0. The lowest BCUT2D eigenvalue weighted by molar-refractivity contribution is 0.0600. The van der Waals surface area contributed by atoms with Gasteiger partial charge in [-0.25, -0.2) is 13.2 Å². The molecule has 1 saturated heterocycles. The zero-order valence-corrected chi connectivity index (χ0v) is 12.7. The third-order valence-corrected chi connectivity index (χ3v) is 5.53. The van der Waals surface area contributed by atoms with E-state index in [1.165, 1.54) is 35.7 Å². The number of ether oxygens (including phenoxy) is 1. The molecule has 1 unspecified atom stereocenters. The third kappa shape index (κ3) is 3.42. The van der Waals surface area contributed by atoms with E-state index in [-0.39, 0.29) is 17.4 Å². The van der Waals surface area contributed by atoms with Gasteiger partial charge >= 0.3 is 5.97 Å². The highest BCUT2D eigenvalue weighted by molar-refractivity contribution is 7.89. The predicted octanol–water partition coefficient (Wildman–Crippen LogP) is 0.866. The maximum atomic E-state index is 12.5. The molecule has 1 aliphatic heterocycles. The number of nitrogens with zero attached hydrogens (tertiary/aromatic N) is 1. The molecule has 1 aromatic carbocycles. The quantitative estimate of drug-likeness (QED) is 0.834. The highest BCUT2D eigenvalue weighted by Crippen LogP contribution is 2.23. The van der Waals surface area contributed by atoms with Crippen molar-refractivity contribution in [1.82, 2.24) is 4.31 Å². The predicted molar refractivity (Wildman–Crippen MR) is 76.4 cm³/mol. The molecule has 2 rings (SSSR count). The normalized spacial score (nSPS) is 20.2. The van der Waals surface area contributed by atoms with E-state index in [0.29, 0.717) is 18.7 Å². The van der Waals surface area contributed by atoms with Crippen molar-refractivity contribution >= 4 is 16.0 Å². The van der Waals surface area contributed by atoms with Crippen LogP contribution in [0.15, 0.2) is 29.2 Å². The fourth-order valence-corrected chi connectivity index (χ4v) is 3.98. The number of piperidine rings is 1. The molecular formula is C14H19NO5S. The van der Waals surface area contributed by atoms with Crippen LogP contribution in [0.1, 0.15) is 23.2 Å². The minimum Gasteiger partial charge on any atom is -0.465 e. The summed E-state index contributed by atoms with van der Waals surface area (Å²) in [4.78, 5) is 11.5. The number of hydrogen-bond donors (Lipinski definition) is 1. The van der Waals surface area contributed by atoms with Gasteiger partial charge in [0.2, 0.25) is 10.0 Å². The number of rotatable bonds is 4. The summed E-state index contributed by atoms with van der Waals surface area (Å²) in [5.74, 6) is -0.514. The van der Waals surface area contributed by atoms with E-state index < -0.39 is 16.0 Å². The van der Waals surface area contributed by atoms with Gasteiger partial charge in [-0.3, -0.25) is 0 Å². The number of aliphatic hydroxyl groups excluding tert-OH is 1. The van der Waals surface area contributed by atoms with Crippen molar-refractivity contribution in [2.75, 3.05) is 26.8 Å². The Morgan fingerprint density at radius 2 is 2.05 bits per heavy atom. The molecule has 6 nitrogen and oxygen atoms in total. The van der Waals surface area contributed by atoms with E-state index in [1.807, 2.05) is 0 Å². The van der Waals surface area contributed by atoms with Crippen LogP contribution in [0.25, 0.3) is 0 Å².